The second-order valence-electron chi connectivity index (χ2n) is 6.08. The first-order valence-electron chi connectivity index (χ1n) is 7.75. The first-order valence-corrected chi connectivity index (χ1v) is 7.75. The van der Waals surface area contributed by atoms with Gasteiger partial charge in [0.05, 0.1) is 24.7 Å². The van der Waals surface area contributed by atoms with Crippen LogP contribution in [0.2, 0.25) is 0 Å². The number of esters is 1. The second-order valence-corrected chi connectivity index (χ2v) is 6.08. The Bertz CT molecular complexity index is 350. The Morgan fingerprint density at radius 3 is 2.48 bits per heavy atom. The van der Waals surface area contributed by atoms with Crippen molar-refractivity contribution < 1.29 is 19.4 Å². The van der Waals surface area contributed by atoms with Crippen molar-refractivity contribution in [2.45, 2.75) is 58.1 Å². The van der Waals surface area contributed by atoms with E-state index in [2.05, 4.69) is 10.6 Å². The summed E-state index contributed by atoms with van der Waals surface area (Å²) in [5.74, 6) is -0.341. The SMILES string of the molecule is CCOC(=O)C1CCC(O)(CNCC(=O)NC(C)C)CC1. The molecule has 0 aromatic carbocycles. The van der Waals surface area contributed by atoms with E-state index in [0.29, 0.717) is 38.8 Å². The van der Waals surface area contributed by atoms with Gasteiger partial charge in [0, 0.05) is 12.6 Å². The summed E-state index contributed by atoms with van der Waals surface area (Å²) in [6.45, 7) is 6.56. The Morgan fingerprint density at radius 2 is 1.95 bits per heavy atom. The van der Waals surface area contributed by atoms with Gasteiger partial charge in [0.15, 0.2) is 0 Å². The molecule has 0 spiro atoms. The molecule has 0 unspecified atom stereocenters. The van der Waals surface area contributed by atoms with Crippen LogP contribution in [0.1, 0.15) is 46.5 Å². The lowest BCUT2D eigenvalue weighted by atomic mass is 9.79. The second kappa shape index (κ2) is 8.34. The molecule has 0 aliphatic heterocycles. The van der Waals surface area contributed by atoms with E-state index in [4.69, 9.17) is 4.74 Å². The molecule has 0 heterocycles. The van der Waals surface area contributed by atoms with Crippen LogP contribution >= 0.6 is 0 Å². The largest absolute Gasteiger partial charge is 0.466 e. The zero-order valence-electron chi connectivity index (χ0n) is 13.3. The molecule has 6 heteroatoms. The van der Waals surface area contributed by atoms with E-state index in [1.165, 1.54) is 0 Å². The van der Waals surface area contributed by atoms with E-state index in [1.54, 1.807) is 6.92 Å². The summed E-state index contributed by atoms with van der Waals surface area (Å²) in [5, 5.41) is 16.2. The van der Waals surface area contributed by atoms with Gasteiger partial charge >= 0.3 is 5.97 Å². The fourth-order valence-corrected chi connectivity index (χ4v) is 2.61. The van der Waals surface area contributed by atoms with Gasteiger partial charge in [-0.2, -0.15) is 0 Å². The van der Waals surface area contributed by atoms with Crippen LogP contribution in [-0.4, -0.2) is 48.3 Å². The Morgan fingerprint density at radius 1 is 1.33 bits per heavy atom. The first kappa shape index (κ1) is 17.9. The standard InChI is InChI=1S/C15H28N2O4/c1-4-21-14(19)12-5-7-15(20,8-6-12)10-16-9-13(18)17-11(2)3/h11-12,16,20H,4-10H2,1-3H3,(H,17,18). The van der Waals surface area contributed by atoms with E-state index in [1.807, 2.05) is 13.8 Å². The molecule has 122 valence electrons. The molecule has 3 N–H and O–H groups in total. The molecule has 1 aliphatic carbocycles. The van der Waals surface area contributed by atoms with Gasteiger partial charge in [-0.05, 0) is 46.5 Å². The van der Waals surface area contributed by atoms with Crippen LogP contribution in [-0.2, 0) is 14.3 Å². The predicted octanol–water partition coefficient (Wildman–Crippen LogP) is 0.585. The highest BCUT2D eigenvalue weighted by molar-refractivity contribution is 5.78. The summed E-state index contributed by atoms with van der Waals surface area (Å²) < 4.78 is 5.01. The first-order chi connectivity index (χ1) is 9.86. The highest BCUT2D eigenvalue weighted by Crippen LogP contribution is 2.32. The number of rotatable bonds is 7. The van der Waals surface area contributed by atoms with Crippen LogP contribution in [0.5, 0.6) is 0 Å². The van der Waals surface area contributed by atoms with Crippen molar-refractivity contribution in [3.8, 4) is 0 Å². The average molecular weight is 300 g/mol. The lowest BCUT2D eigenvalue weighted by Crippen LogP contribution is -2.47. The van der Waals surface area contributed by atoms with E-state index in [0.717, 1.165) is 0 Å². The molecule has 1 fully saturated rings. The Labute approximate surface area is 126 Å². The van der Waals surface area contributed by atoms with Crippen molar-refractivity contribution in [2.75, 3.05) is 19.7 Å². The molecule has 0 aromatic heterocycles. The average Bonchev–Trinajstić information content (AvgIpc) is 2.38. The number of carbonyl (C=O) groups excluding carboxylic acids is 2. The van der Waals surface area contributed by atoms with Gasteiger partial charge in [0.2, 0.25) is 5.91 Å². The maximum absolute atomic E-state index is 11.6. The number of hydrogen-bond donors (Lipinski definition) is 3. The molecule has 0 atom stereocenters. The third kappa shape index (κ3) is 6.44. The van der Waals surface area contributed by atoms with Crippen molar-refractivity contribution in [1.29, 1.82) is 0 Å². The molecule has 0 bridgehead atoms. The minimum atomic E-state index is -0.832. The summed E-state index contributed by atoms with van der Waals surface area (Å²) in [6.07, 6.45) is 2.37. The van der Waals surface area contributed by atoms with Gasteiger partial charge in [0.1, 0.15) is 0 Å². The van der Waals surface area contributed by atoms with Gasteiger partial charge < -0.3 is 20.5 Å². The zero-order valence-corrected chi connectivity index (χ0v) is 13.3. The minimum absolute atomic E-state index is 0.0752. The molecule has 0 saturated heterocycles. The molecule has 0 aromatic rings. The van der Waals surface area contributed by atoms with E-state index in [-0.39, 0.29) is 30.4 Å². The zero-order chi connectivity index (χ0) is 15.9. The maximum Gasteiger partial charge on any atom is 0.308 e. The summed E-state index contributed by atoms with van der Waals surface area (Å²) in [4.78, 5) is 23.1. The number of ether oxygens (including phenoxy) is 1. The summed E-state index contributed by atoms with van der Waals surface area (Å²) in [6, 6.07) is 0.113. The topological polar surface area (TPSA) is 87.7 Å². The lowest BCUT2D eigenvalue weighted by molar-refractivity contribution is -0.151. The minimum Gasteiger partial charge on any atom is -0.466 e. The van der Waals surface area contributed by atoms with Crippen molar-refractivity contribution >= 4 is 11.9 Å². The number of carbonyl (C=O) groups is 2. The van der Waals surface area contributed by atoms with Crippen LogP contribution in [0.4, 0.5) is 0 Å². The summed E-state index contributed by atoms with van der Waals surface area (Å²) in [5.41, 5.74) is -0.832. The van der Waals surface area contributed by atoms with Gasteiger partial charge in [-0.25, -0.2) is 0 Å². The van der Waals surface area contributed by atoms with Gasteiger partial charge in [-0.3, -0.25) is 9.59 Å². The molecule has 6 nitrogen and oxygen atoms in total. The molecule has 1 aliphatic rings. The molecule has 1 rings (SSSR count). The highest BCUT2D eigenvalue weighted by atomic mass is 16.5. The molecule has 1 amide bonds. The number of hydrogen-bond acceptors (Lipinski definition) is 5. The Hall–Kier alpha value is -1.14. The van der Waals surface area contributed by atoms with Crippen molar-refractivity contribution in [1.82, 2.24) is 10.6 Å². The summed E-state index contributed by atoms with van der Waals surface area (Å²) in [7, 11) is 0. The van der Waals surface area contributed by atoms with Gasteiger partial charge in [0.25, 0.3) is 0 Å². The van der Waals surface area contributed by atoms with E-state index in [9.17, 15) is 14.7 Å². The fourth-order valence-electron chi connectivity index (χ4n) is 2.61. The predicted molar refractivity (Wildman–Crippen MR) is 79.7 cm³/mol. The third-order valence-electron chi connectivity index (χ3n) is 3.73. The smallest absolute Gasteiger partial charge is 0.308 e. The highest BCUT2D eigenvalue weighted by Gasteiger charge is 2.36. The fraction of sp³-hybridized carbons (Fsp3) is 0.867. The van der Waals surface area contributed by atoms with E-state index < -0.39 is 5.60 Å². The quantitative estimate of drug-likeness (QED) is 0.599. The molecule has 0 radical (unpaired) electrons. The molecule has 1 saturated carbocycles. The van der Waals surface area contributed by atoms with Crippen LogP contribution < -0.4 is 10.6 Å². The monoisotopic (exact) mass is 300 g/mol. The third-order valence-corrected chi connectivity index (χ3v) is 3.73. The van der Waals surface area contributed by atoms with Crippen molar-refractivity contribution in [3.05, 3.63) is 0 Å². The number of nitrogens with one attached hydrogen (secondary N) is 2. The van der Waals surface area contributed by atoms with Crippen molar-refractivity contribution in [3.63, 3.8) is 0 Å². The van der Waals surface area contributed by atoms with Crippen LogP contribution in [0.3, 0.4) is 0 Å². The summed E-state index contributed by atoms with van der Waals surface area (Å²) >= 11 is 0. The van der Waals surface area contributed by atoms with E-state index >= 15 is 0 Å². The van der Waals surface area contributed by atoms with Crippen LogP contribution in [0.15, 0.2) is 0 Å². The number of amides is 1. The van der Waals surface area contributed by atoms with Crippen molar-refractivity contribution in [2.24, 2.45) is 5.92 Å². The molecule has 21 heavy (non-hydrogen) atoms. The maximum atomic E-state index is 11.6. The molecular weight excluding hydrogens is 272 g/mol. The number of aliphatic hydroxyl groups is 1. The van der Waals surface area contributed by atoms with Gasteiger partial charge in [-0.1, -0.05) is 0 Å². The van der Waals surface area contributed by atoms with Gasteiger partial charge in [-0.15, -0.1) is 0 Å². The Kier molecular flexibility index (Phi) is 7.11. The van der Waals surface area contributed by atoms with Crippen LogP contribution in [0, 0.1) is 5.92 Å². The lowest BCUT2D eigenvalue weighted by Gasteiger charge is -2.35. The normalized spacial score (nSPS) is 25.7. The Balaban J connectivity index is 2.28. The van der Waals surface area contributed by atoms with Crippen LogP contribution in [0.25, 0.3) is 0 Å². The molecular formula is C15H28N2O4.